The van der Waals surface area contributed by atoms with Crippen molar-refractivity contribution in [2.24, 2.45) is 0 Å². The molecule has 1 aliphatic rings. The van der Waals surface area contributed by atoms with Crippen LogP contribution in [0.3, 0.4) is 0 Å². The average molecular weight is 310 g/mol. The predicted octanol–water partition coefficient (Wildman–Crippen LogP) is 0.904. The molecule has 0 saturated carbocycles. The smallest absolute Gasteiger partial charge is 0.253 e. The molecule has 1 saturated heterocycles. The number of nitrogens with one attached hydrogen (secondary N) is 1. The molecule has 1 aromatic rings. The molecule has 21 heavy (non-hydrogen) atoms. The highest BCUT2D eigenvalue weighted by molar-refractivity contribution is 7.91. The van der Waals surface area contributed by atoms with Crippen molar-refractivity contribution in [1.82, 2.24) is 4.90 Å². The molecule has 1 aromatic carbocycles. The first-order valence-electron chi connectivity index (χ1n) is 6.64. The summed E-state index contributed by atoms with van der Waals surface area (Å²) in [5.74, 6) is -0.318. The van der Waals surface area contributed by atoms with Gasteiger partial charge in [0.15, 0.2) is 9.84 Å². The molecule has 0 aliphatic carbocycles. The summed E-state index contributed by atoms with van der Waals surface area (Å²) in [7, 11) is -1.42. The number of carbonyl (C=O) groups is 2. The Morgan fingerprint density at radius 2 is 2.05 bits per heavy atom. The van der Waals surface area contributed by atoms with Crippen LogP contribution < -0.4 is 5.32 Å². The summed E-state index contributed by atoms with van der Waals surface area (Å²) in [5.41, 5.74) is 0.967. The van der Waals surface area contributed by atoms with Crippen LogP contribution in [0.5, 0.6) is 0 Å². The van der Waals surface area contributed by atoms with Crippen LogP contribution in [0, 0.1) is 0 Å². The summed E-state index contributed by atoms with van der Waals surface area (Å²) in [5, 5.41) is 2.62. The van der Waals surface area contributed by atoms with Gasteiger partial charge < -0.3 is 10.2 Å². The van der Waals surface area contributed by atoms with E-state index in [-0.39, 0.29) is 29.4 Å². The van der Waals surface area contributed by atoms with E-state index in [1.54, 1.807) is 31.3 Å². The van der Waals surface area contributed by atoms with Crippen LogP contribution in [0.25, 0.3) is 0 Å². The van der Waals surface area contributed by atoms with Crippen LogP contribution in [0.15, 0.2) is 24.3 Å². The highest BCUT2D eigenvalue weighted by Gasteiger charge is 2.33. The van der Waals surface area contributed by atoms with E-state index in [9.17, 15) is 18.0 Å². The number of sulfone groups is 1. The van der Waals surface area contributed by atoms with Crippen molar-refractivity contribution in [3.63, 3.8) is 0 Å². The van der Waals surface area contributed by atoms with E-state index >= 15 is 0 Å². The summed E-state index contributed by atoms with van der Waals surface area (Å²) in [4.78, 5) is 24.9. The van der Waals surface area contributed by atoms with Gasteiger partial charge in [-0.1, -0.05) is 6.07 Å². The van der Waals surface area contributed by atoms with Crippen molar-refractivity contribution in [1.29, 1.82) is 0 Å². The molecule has 0 aromatic heterocycles. The molecular weight excluding hydrogens is 292 g/mol. The van der Waals surface area contributed by atoms with Gasteiger partial charge in [0, 0.05) is 31.3 Å². The number of hydrogen-bond acceptors (Lipinski definition) is 4. The first kappa shape index (κ1) is 15.5. The fourth-order valence-corrected chi connectivity index (χ4v) is 4.16. The third-order valence-electron chi connectivity index (χ3n) is 3.51. The second kappa shape index (κ2) is 5.85. The Morgan fingerprint density at radius 1 is 1.33 bits per heavy atom. The van der Waals surface area contributed by atoms with Gasteiger partial charge in [-0.25, -0.2) is 8.42 Å². The molecule has 114 valence electrons. The number of rotatable bonds is 3. The van der Waals surface area contributed by atoms with Gasteiger partial charge >= 0.3 is 0 Å². The van der Waals surface area contributed by atoms with E-state index < -0.39 is 9.84 Å². The monoisotopic (exact) mass is 310 g/mol. The number of nitrogens with zero attached hydrogens (tertiary/aromatic N) is 1. The van der Waals surface area contributed by atoms with Crippen LogP contribution in [0.4, 0.5) is 5.69 Å². The van der Waals surface area contributed by atoms with Gasteiger partial charge in [-0.15, -0.1) is 0 Å². The lowest BCUT2D eigenvalue weighted by Crippen LogP contribution is -2.37. The first-order valence-corrected chi connectivity index (χ1v) is 8.46. The SMILES string of the molecule is CC(=O)Nc1cccc(C(=O)N(C)[C@@H]2CCS(=O)(=O)C2)c1. The van der Waals surface area contributed by atoms with Crippen molar-refractivity contribution >= 4 is 27.3 Å². The second-order valence-electron chi connectivity index (χ2n) is 5.23. The van der Waals surface area contributed by atoms with Crippen LogP contribution in [0.2, 0.25) is 0 Å². The second-order valence-corrected chi connectivity index (χ2v) is 7.46. The van der Waals surface area contributed by atoms with Crippen molar-refractivity contribution in [2.45, 2.75) is 19.4 Å². The zero-order chi connectivity index (χ0) is 15.6. The van der Waals surface area contributed by atoms with Gasteiger partial charge in [0.05, 0.1) is 11.5 Å². The molecule has 2 amide bonds. The minimum Gasteiger partial charge on any atom is -0.338 e. The fourth-order valence-electron chi connectivity index (χ4n) is 2.38. The van der Waals surface area contributed by atoms with Gasteiger partial charge in [-0.05, 0) is 24.6 Å². The maximum atomic E-state index is 12.4. The first-order chi connectivity index (χ1) is 9.78. The van der Waals surface area contributed by atoms with Gasteiger partial charge in [-0.3, -0.25) is 9.59 Å². The Morgan fingerprint density at radius 3 is 2.62 bits per heavy atom. The minimum absolute atomic E-state index is 0.0145. The number of anilines is 1. The zero-order valence-electron chi connectivity index (χ0n) is 12.0. The molecule has 1 N–H and O–H groups in total. The predicted molar refractivity (Wildman–Crippen MR) is 79.9 cm³/mol. The highest BCUT2D eigenvalue weighted by atomic mass is 32.2. The molecule has 0 spiro atoms. The number of carbonyl (C=O) groups excluding carboxylic acids is 2. The van der Waals surface area contributed by atoms with Gasteiger partial charge in [0.2, 0.25) is 5.91 Å². The number of benzene rings is 1. The Balaban J connectivity index is 2.14. The van der Waals surface area contributed by atoms with E-state index in [2.05, 4.69) is 5.32 Å². The summed E-state index contributed by atoms with van der Waals surface area (Å²) in [6.07, 6.45) is 0.468. The molecule has 1 heterocycles. The number of hydrogen-bond donors (Lipinski definition) is 1. The maximum Gasteiger partial charge on any atom is 0.253 e. The van der Waals surface area contributed by atoms with Crippen molar-refractivity contribution < 1.29 is 18.0 Å². The molecule has 0 unspecified atom stereocenters. The molecule has 1 fully saturated rings. The lowest BCUT2D eigenvalue weighted by molar-refractivity contribution is -0.114. The molecule has 1 aliphatic heterocycles. The maximum absolute atomic E-state index is 12.4. The van der Waals surface area contributed by atoms with Crippen LogP contribution in [-0.4, -0.2) is 49.7 Å². The molecule has 0 bridgehead atoms. The van der Waals surface area contributed by atoms with E-state index in [4.69, 9.17) is 0 Å². The molecule has 6 nitrogen and oxygen atoms in total. The molecule has 0 radical (unpaired) electrons. The lowest BCUT2D eigenvalue weighted by atomic mass is 10.1. The van der Waals surface area contributed by atoms with E-state index in [0.717, 1.165) is 0 Å². The molecular formula is C14H18N2O4S. The van der Waals surface area contributed by atoms with Crippen molar-refractivity contribution in [3.05, 3.63) is 29.8 Å². The van der Waals surface area contributed by atoms with Gasteiger partial charge in [-0.2, -0.15) is 0 Å². The van der Waals surface area contributed by atoms with Gasteiger partial charge in [0.25, 0.3) is 5.91 Å². The van der Waals surface area contributed by atoms with Crippen molar-refractivity contribution in [3.8, 4) is 0 Å². The Bertz CT molecular complexity index is 669. The summed E-state index contributed by atoms with van der Waals surface area (Å²) in [6, 6.07) is 6.32. The summed E-state index contributed by atoms with van der Waals surface area (Å²) < 4.78 is 23.0. The topological polar surface area (TPSA) is 83.6 Å². The zero-order valence-corrected chi connectivity index (χ0v) is 12.8. The van der Waals surface area contributed by atoms with E-state index in [1.807, 2.05) is 0 Å². The third-order valence-corrected chi connectivity index (χ3v) is 5.26. The summed E-state index contributed by atoms with van der Waals surface area (Å²) >= 11 is 0. The quantitative estimate of drug-likeness (QED) is 0.899. The lowest BCUT2D eigenvalue weighted by Gasteiger charge is -2.23. The average Bonchev–Trinajstić information content (AvgIpc) is 2.77. The van der Waals surface area contributed by atoms with Gasteiger partial charge in [0.1, 0.15) is 0 Å². The van der Waals surface area contributed by atoms with Crippen LogP contribution in [-0.2, 0) is 14.6 Å². The minimum atomic E-state index is -3.03. The highest BCUT2D eigenvalue weighted by Crippen LogP contribution is 2.19. The molecule has 7 heteroatoms. The standard InChI is InChI=1S/C14H18N2O4S/c1-10(17)15-12-5-3-4-11(8-12)14(18)16(2)13-6-7-21(19,20)9-13/h3-5,8,13H,6-7,9H2,1-2H3,(H,15,17)/t13-/m1/s1. The molecule has 2 rings (SSSR count). The Labute approximate surface area is 124 Å². The number of amides is 2. The fraction of sp³-hybridized carbons (Fsp3) is 0.429. The van der Waals surface area contributed by atoms with E-state index in [0.29, 0.717) is 17.7 Å². The molecule has 1 atom stereocenters. The van der Waals surface area contributed by atoms with Crippen LogP contribution in [0.1, 0.15) is 23.7 Å². The van der Waals surface area contributed by atoms with E-state index in [1.165, 1.54) is 11.8 Å². The summed E-state index contributed by atoms with van der Waals surface area (Å²) in [6.45, 7) is 1.39. The largest absolute Gasteiger partial charge is 0.338 e. The van der Waals surface area contributed by atoms with Crippen molar-refractivity contribution in [2.75, 3.05) is 23.9 Å². The van der Waals surface area contributed by atoms with Crippen LogP contribution >= 0.6 is 0 Å². The Kier molecular flexibility index (Phi) is 4.32. The normalized spacial score (nSPS) is 20.0. The third kappa shape index (κ3) is 3.81. The Hall–Kier alpha value is -1.89.